The normalized spacial score (nSPS) is 21.8. The van der Waals surface area contributed by atoms with Gasteiger partial charge < -0.3 is 9.94 Å². The van der Waals surface area contributed by atoms with Crippen molar-refractivity contribution in [3.8, 4) is 5.75 Å². The van der Waals surface area contributed by atoms with Crippen molar-refractivity contribution in [2.75, 3.05) is 4.90 Å². The largest absolute Gasteiger partial charge is 0.508 e. The van der Waals surface area contributed by atoms with Crippen LogP contribution in [0, 0.1) is 5.92 Å². The zero-order valence-corrected chi connectivity index (χ0v) is 12.8. The Morgan fingerprint density at radius 2 is 1.68 bits per heavy atom. The molecular weight excluding hydrogens is 324 g/mol. The number of rotatable bonds is 3. The molecule has 2 aromatic rings. The van der Waals surface area contributed by atoms with Gasteiger partial charge in [-0.15, -0.1) is 0 Å². The fraction of sp³-hybridized carbons (Fsp3) is 0.111. The lowest BCUT2D eigenvalue weighted by Gasteiger charge is -2.15. The Morgan fingerprint density at radius 1 is 1.00 bits per heavy atom. The van der Waals surface area contributed by atoms with Gasteiger partial charge in [0.05, 0.1) is 5.69 Å². The molecule has 0 unspecified atom stereocenters. The third kappa shape index (κ3) is 2.28. The van der Waals surface area contributed by atoms with E-state index in [1.807, 2.05) is 0 Å². The number of carbonyl (C=O) groups is 3. The monoisotopic (exact) mass is 336 g/mol. The van der Waals surface area contributed by atoms with Crippen LogP contribution >= 0.6 is 0 Å². The highest BCUT2D eigenvalue weighted by molar-refractivity contribution is 6.52. The highest BCUT2D eigenvalue weighted by atomic mass is 16.7. The van der Waals surface area contributed by atoms with Crippen LogP contribution in [0.2, 0.25) is 0 Å². The lowest BCUT2D eigenvalue weighted by atomic mass is 9.93. The van der Waals surface area contributed by atoms with Gasteiger partial charge in [0.2, 0.25) is 17.8 Å². The zero-order chi connectivity index (χ0) is 17.6. The molecular formula is C18H12N2O5. The van der Waals surface area contributed by atoms with E-state index in [0.29, 0.717) is 11.3 Å². The van der Waals surface area contributed by atoms with Gasteiger partial charge in [-0.2, -0.15) is 0 Å². The van der Waals surface area contributed by atoms with Crippen LogP contribution in [-0.2, 0) is 14.4 Å². The second-order valence-corrected chi connectivity index (χ2v) is 5.70. The number of imide groups is 1. The highest BCUT2D eigenvalue weighted by Crippen LogP contribution is 2.34. The summed E-state index contributed by atoms with van der Waals surface area (Å²) in [6.07, 6.45) is -1.14. The molecule has 124 valence electrons. The molecule has 4 rings (SSSR count). The summed E-state index contributed by atoms with van der Waals surface area (Å²) in [5, 5.41) is 13.1. The third-order valence-corrected chi connectivity index (χ3v) is 4.19. The highest BCUT2D eigenvalue weighted by Gasteiger charge is 2.57. The van der Waals surface area contributed by atoms with Gasteiger partial charge in [-0.25, -0.2) is 4.90 Å². The minimum absolute atomic E-state index is 0.0146. The minimum Gasteiger partial charge on any atom is -0.508 e. The molecule has 2 aliphatic rings. The number of phenolic OH excluding ortho intramolecular Hbond substituents is 1. The predicted octanol–water partition coefficient (Wildman–Crippen LogP) is 1.52. The van der Waals surface area contributed by atoms with Crippen molar-refractivity contribution >= 4 is 29.0 Å². The van der Waals surface area contributed by atoms with Gasteiger partial charge >= 0.3 is 0 Å². The van der Waals surface area contributed by atoms with E-state index in [9.17, 15) is 19.5 Å². The van der Waals surface area contributed by atoms with Crippen molar-refractivity contribution in [3.05, 3.63) is 60.2 Å². The SMILES string of the molecule is O=C(C1=NO[C@@H]2C(=O)N(c3ccc(O)cc3)C(=O)[C@@H]12)c1ccccc1. The predicted molar refractivity (Wildman–Crippen MR) is 87.2 cm³/mol. The molecule has 2 atom stereocenters. The number of Topliss-reactive ketones (excluding diaryl/α,β-unsaturated/α-hetero) is 1. The van der Waals surface area contributed by atoms with E-state index in [4.69, 9.17) is 4.84 Å². The molecule has 25 heavy (non-hydrogen) atoms. The molecule has 2 aliphatic heterocycles. The van der Waals surface area contributed by atoms with E-state index in [1.165, 1.54) is 24.3 Å². The summed E-state index contributed by atoms with van der Waals surface area (Å²) in [5.41, 5.74) is 0.599. The van der Waals surface area contributed by atoms with Gasteiger partial charge in [-0.3, -0.25) is 14.4 Å². The first-order chi connectivity index (χ1) is 12.1. The zero-order valence-electron chi connectivity index (χ0n) is 12.8. The molecule has 1 N–H and O–H groups in total. The molecule has 0 aliphatic carbocycles. The van der Waals surface area contributed by atoms with Gasteiger partial charge in [0.15, 0.2) is 0 Å². The Bertz CT molecular complexity index is 905. The first kappa shape index (κ1) is 15.1. The molecule has 0 saturated carbocycles. The van der Waals surface area contributed by atoms with Gasteiger partial charge in [-0.05, 0) is 24.3 Å². The first-order valence-corrected chi connectivity index (χ1v) is 7.58. The number of hydrogen-bond acceptors (Lipinski definition) is 6. The molecule has 0 spiro atoms. The number of anilines is 1. The summed E-state index contributed by atoms with van der Waals surface area (Å²) >= 11 is 0. The average Bonchev–Trinajstić information content (AvgIpc) is 3.17. The van der Waals surface area contributed by atoms with Crippen LogP contribution in [0.15, 0.2) is 59.8 Å². The van der Waals surface area contributed by atoms with Crippen molar-refractivity contribution in [2.45, 2.75) is 6.10 Å². The number of hydrogen-bond donors (Lipinski definition) is 1. The Labute approximate surface area is 142 Å². The third-order valence-electron chi connectivity index (χ3n) is 4.19. The second-order valence-electron chi connectivity index (χ2n) is 5.70. The maximum absolute atomic E-state index is 12.8. The Hall–Kier alpha value is -3.48. The summed E-state index contributed by atoms with van der Waals surface area (Å²) in [6, 6.07) is 14.0. The van der Waals surface area contributed by atoms with Crippen molar-refractivity contribution < 1.29 is 24.3 Å². The maximum Gasteiger partial charge on any atom is 0.278 e. The number of fused-ring (bicyclic) bond motifs is 1. The van der Waals surface area contributed by atoms with Crippen LogP contribution in [-0.4, -0.2) is 34.5 Å². The summed E-state index contributed by atoms with van der Waals surface area (Å²) < 4.78 is 0. The number of amides is 2. The Morgan fingerprint density at radius 3 is 2.36 bits per heavy atom. The van der Waals surface area contributed by atoms with E-state index < -0.39 is 29.6 Å². The van der Waals surface area contributed by atoms with E-state index in [1.54, 1.807) is 30.3 Å². The standard InChI is InChI=1S/C18H12N2O5/c21-12-8-6-11(7-9-12)20-17(23)13-14(19-25-16(13)18(20)24)15(22)10-4-2-1-3-5-10/h1-9,13,16,21H/t13-,16-/m0/s1. The number of aromatic hydroxyl groups is 1. The summed E-state index contributed by atoms with van der Waals surface area (Å²) in [5.74, 6) is -2.64. The van der Waals surface area contributed by atoms with Crippen molar-refractivity contribution in [1.82, 2.24) is 0 Å². The van der Waals surface area contributed by atoms with Crippen LogP contribution < -0.4 is 4.90 Å². The van der Waals surface area contributed by atoms with Gasteiger partial charge in [-0.1, -0.05) is 35.5 Å². The second kappa shape index (κ2) is 5.55. The molecule has 2 aromatic carbocycles. The van der Waals surface area contributed by atoms with Gasteiger partial charge in [0.1, 0.15) is 17.4 Å². The van der Waals surface area contributed by atoms with E-state index in [2.05, 4.69) is 5.16 Å². The van der Waals surface area contributed by atoms with Crippen LogP contribution in [0.1, 0.15) is 10.4 Å². The number of oxime groups is 1. The number of benzene rings is 2. The summed E-state index contributed by atoms with van der Waals surface area (Å²) in [6.45, 7) is 0. The molecule has 0 bridgehead atoms. The molecule has 1 fully saturated rings. The van der Waals surface area contributed by atoms with Gasteiger partial charge in [0.25, 0.3) is 5.91 Å². The Balaban J connectivity index is 1.67. The lowest BCUT2D eigenvalue weighted by molar-refractivity contribution is -0.126. The van der Waals surface area contributed by atoms with E-state index in [0.717, 1.165) is 4.90 Å². The minimum atomic E-state index is -1.14. The summed E-state index contributed by atoms with van der Waals surface area (Å²) in [4.78, 5) is 43.9. The van der Waals surface area contributed by atoms with Crippen molar-refractivity contribution in [3.63, 3.8) is 0 Å². The molecule has 0 aromatic heterocycles. The molecule has 7 heteroatoms. The Kier molecular flexibility index (Phi) is 3.35. The number of nitrogens with zero attached hydrogens (tertiary/aromatic N) is 2. The van der Waals surface area contributed by atoms with Crippen LogP contribution in [0.25, 0.3) is 0 Å². The quantitative estimate of drug-likeness (QED) is 0.677. The number of phenols is 1. The van der Waals surface area contributed by atoms with Crippen LogP contribution in [0.4, 0.5) is 5.69 Å². The number of carbonyl (C=O) groups excluding carboxylic acids is 3. The molecule has 1 saturated heterocycles. The smallest absolute Gasteiger partial charge is 0.278 e. The topological polar surface area (TPSA) is 96.3 Å². The van der Waals surface area contributed by atoms with E-state index >= 15 is 0 Å². The molecule has 0 radical (unpaired) electrons. The number of ketones is 1. The van der Waals surface area contributed by atoms with E-state index in [-0.39, 0.29) is 11.5 Å². The maximum atomic E-state index is 12.8. The first-order valence-electron chi connectivity index (χ1n) is 7.58. The van der Waals surface area contributed by atoms with Crippen LogP contribution in [0.5, 0.6) is 5.75 Å². The molecule has 2 amide bonds. The lowest BCUT2D eigenvalue weighted by Crippen LogP contribution is -2.34. The fourth-order valence-corrected chi connectivity index (χ4v) is 2.96. The molecule has 7 nitrogen and oxygen atoms in total. The average molecular weight is 336 g/mol. The van der Waals surface area contributed by atoms with Crippen molar-refractivity contribution in [2.24, 2.45) is 11.1 Å². The van der Waals surface area contributed by atoms with Crippen molar-refractivity contribution in [1.29, 1.82) is 0 Å². The molecule has 2 heterocycles. The van der Waals surface area contributed by atoms with Gasteiger partial charge in [0, 0.05) is 5.56 Å². The van der Waals surface area contributed by atoms with Crippen LogP contribution in [0.3, 0.4) is 0 Å². The fourth-order valence-electron chi connectivity index (χ4n) is 2.96. The summed E-state index contributed by atoms with van der Waals surface area (Å²) in [7, 11) is 0.